The quantitative estimate of drug-likeness (QED) is 0.632. The molecular formula is C27H28N6O2. The predicted molar refractivity (Wildman–Crippen MR) is 132 cm³/mol. The molecule has 3 heterocycles. The van der Waals surface area contributed by atoms with Crippen LogP contribution in [0, 0.1) is 11.3 Å². The van der Waals surface area contributed by atoms with Gasteiger partial charge in [-0.2, -0.15) is 10.4 Å². The van der Waals surface area contributed by atoms with E-state index in [1.807, 2.05) is 42.2 Å². The third kappa shape index (κ3) is 4.14. The van der Waals surface area contributed by atoms with Crippen molar-refractivity contribution in [2.24, 2.45) is 0 Å². The van der Waals surface area contributed by atoms with Crippen LogP contribution in [-0.4, -0.2) is 64.8 Å². The zero-order valence-electron chi connectivity index (χ0n) is 19.9. The van der Waals surface area contributed by atoms with Crippen molar-refractivity contribution in [2.45, 2.75) is 31.3 Å². The van der Waals surface area contributed by atoms with E-state index in [1.165, 1.54) is 4.68 Å². The van der Waals surface area contributed by atoms with Gasteiger partial charge in [-0.1, -0.05) is 36.4 Å². The fourth-order valence-electron chi connectivity index (χ4n) is 5.27. The van der Waals surface area contributed by atoms with Crippen molar-refractivity contribution < 1.29 is 9.59 Å². The summed E-state index contributed by atoms with van der Waals surface area (Å²) in [6.45, 7) is 5.77. The Hall–Kier alpha value is -3.80. The predicted octanol–water partition coefficient (Wildman–Crippen LogP) is 2.41. The smallest absolute Gasteiger partial charge is 0.265 e. The molecule has 178 valence electrons. The van der Waals surface area contributed by atoms with Gasteiger partial charge in [0, 0.05) is 49.2 Å². The van der Waals surface area contributed by atoms with Gasteiger partial charge < -0.3 is 10.2 Å². The average Bonchev–Trinajstić information content (AvgIpc) is 3.52. The number of nitriles is 1. The maximum atomic E-state index is 13.8. The summed E-state index contributed by atoms with van der Waals surface area (Å²) >= 11 is 0. The summed E-state index contributed by atoms with van der Waals surface area (Å²) in [5, 5.41) is 16.9. The highest BCUT2D eigenvalue weighted by molar-refractivity contribution is 5.98. The standard InChI is InChI=1S/C27H28N6O2/c1-19-16-31(24(15-29-19)26(35)33-12-6-11-30-33)17-25(34)32-18-27(2,21-7-4-3-5-8-21)22-10-9-20(14-28)13-23(22)32/h3-13,19,24,29H,15-18H2,1-2H3/t19-,24-,27?/m1/s1. The Morgan fingerprint density at radius 1 is 1.20 bits per heavy atom. The van der Waals surface area contributed by atoms with E-state index in [9.17, 15) is 14.9 Å². The first-order valence-electron chi connectivity index (χ1n) is 11.8. The molecule has 1 aromatic heterocycles. The fraction of sp³-hybridized carbons (Fsp3) is 0.333. The Kier molecular flexibility index (Phi) is 5.97. The number of aromatic nitrogens is 2. The minimum Gasteiger partial charge on any atom is -0.311 e. The zero-order chi connectivity index (χ0) is 24.6. The maximum Gasteiger partial charge on any atom is 0.265 e. The van der Waals surface area contributed by atoms with Crippen molar-refractivity contribution >= 4 is 17.5 Å². The van der Waals surface area contributed by atoms with Crippen molar-refractivity contribution in [3.05, 3.63) is 83.7 Å². The number of hydrogen-bond acceptors (Lipinski definition) is 6. The molecule has 8 nitrogen and oxygen atoms in total. The van der Waals surface area contributed by atoms with Gasteiger partial charge in [0.15, 0.2) is 0 Å². The number of hydrogen-bond donors (Lipinski definition) is 1. The Morgan fingerprint density at radius 2 is 2.00 bits per heavy atom. The van der Waals surface area contributed by atoms with Crippen molar-refractivity contribution in [1.29, 1.82) is 5.26 Å². The van der Waals surface area contributed by atoms with Crippen LogP contribution in [0.25, 0.3) is 0 Å². The number of carbonyl (C=O) groups excluding carboxylic acids is 2. The molecule has 0 bridgehead atoms. The maximum absolute atomic E-state index is 13.8. The zero-order valence-corrected chi connectivity index (χ0v) is 19.9. The van der Waals surface area contributed by atoms with Crippen molar-refractivity contribution in [3.63, 3.8) is 0 Å². The second kappa shape index (κ2) is 9.10. The fourth-order valence-corrected chi connectivity index (χ4v) is 5.27. The van der Waals surface area contributed by atoms with E-state index >= 15 is 0 Å². The number of fused-ring (bicyclic) bond motifs is 1. The number of amides is 1. The first-order valence-corrected chi connectivity index (χ1v) is 11.8. The van der Waals surface area contributed by atoms with Crippen LogP contribution in [0.2, 0.25) is 0 Å². The van der Waals surface area contributed by atoms with Gasteiger partial charge in [0.1, 0.15) is 6.04 Å². The molecule has 0 radical (unpaired) electrons. The van der Waals surface area contributed by atoms with Crippen molar-refractivity contribution in [3.8, 4) is 6.07 Å². The van der Waals surface area contributed by atoms with Crippen molar-refractivity contribution in [2.75, 3.05) is 31.1 Å². The van der Waals surface area contributed by atoms with E-state index in [4.69, 9.17) is 0 Å². The average molecular weight is 469 g/mol. The minimum atomic E-state index is -0.497. The van der Waals surface area contributed by atoms with E-state index in [1.54, 1.807) is 29.4 Å². The molecular weight excluding hydrogens is 440 g/mol. The van der Waals surface area contributed by atoms with Crippen LogP contribution in [-0.2, 0) is 10.2 Å². The van der Waals surface area contributed by atoms with Crippen LogP contribution < -0.4 is 10.2 Å². The first-order chi connectivity index (χ1) is 16.9. The third-order valence-electron chi connectivity index (χ3n) is 7.16. The van der Waals surface area contributed by atoms with Gasteiger partial charge in [-0.15, -0.1) is 0 Å². The Labute approximate surface area is 204 Å². The van der Waals surface area contributed by atoms with Crippen LogP contribution >= 0.6 is 0 Å². The largest absolute Gasteiger partial charge is 0.311 e. The lowest BCUT2D eigenvalue weighted by Crippen LogP contribution is -2.61. The Bertz CT molecular complexity index is 1280. The van der Waals surface area contributed by atoms with Crippen molar-refractivity contribution in [1.82, 2.24) is 20.0 Å². The van der Waals surface area contributed by atoms with Gasteiger partial charge in [-0.25, -0.2) is 4.68 Å². The lowest BCUT2D eigenvalue weighted by molar-refractivity contribution is -0.120. The highest BCUT2D eigenvalue weighted by Gasteiger charge is 2.43. The van der Waals surface area contributed by atoms with Crippen LogP contribution in [0.5, 0.6) is 0 Å². The number of benzene rings is 2. The lowest BCUT2D eigenvalue weighted by atomic mass is 9.78. The number of rotatable bonds is 4. The second-order valence-electron chi connectivity index (χ2n) is 9.57. The lowest BCUT2D eigenvalue weighted by Gasteiger charge is -2.38. The van der Waals surface area contributed by atoms with Crippen LogP contribution in [0.1, 0.15) is 35.3 Å². The van der Waals surface area contributed by atoms with Gasteiger partial charge in [0.2, 0.25) is 5.91 Å². The summed E-state index contributed by atoms with van der Waals surface area (Å²) in [7, 11) is 0. The molecule has 5 rings (SSSR count). The minimum absolute atomic E-state index is 0.0895. The summed E-state index contributed by atoms with van der Waals surface area (Å²) in [6, 6.07) is 19.3. The molecule has 0 aliphatic carbocycles. The molecule has 0 spiro atoms. The van der Waals surface area contributed by atoms with Gasteiger partial charge in [0.25, 0.3) is 5.91 Å². The van der Waals surface area contributed by atoms with E-state index < -0.39 is 11.5 Å². The first kappa shape index (κ1) is 23.0. The molecule has 3 aromatic rings. The van der Waals surface area contributed by atoms with Gasteiger partial charge in [-0.3, -0.25) is 14.5 Å². The molecule has 1 fully saturated rings. The molecule has 2 aliphatic heterocycles. The van der Waals surface area contributed by atoms with E-state index in [-0.39, 0.29) is 24.4 Å². The van der Waals surface area contributed by atoms with Gasteiger partial charge in [0.05, 0.1) is 18.2 Å². The highest BCUT2D eigenvalue weighted by Crippen LogP contribution is 2.45. The Balaban J connectivity index is 1.46. The molecule has 1 saturated heterocycles. The molecule has 3 atom stereocenters. The molecule has 2 aromatic carbocycles. The number of piperazine rings is 1. The number of nitrogens with one attached hydrogen (secondary N) is 1. The topological polar surface area (TPSA) is 94.3 Å². The van der Waals surface area contributed by atoms with Crippen LogP contribution in [0.3, 0.4) is 0 Å². The molecule has 0 saturated carbocycles. The van der Waals surface area contributed by atoms with Crippen LogP contribution in [0.15, 0.2) is 67.0 Å². The van der Waals surface area contributed by atoms with Gasteiger partial charge >= 0.3 is 0 Å². The second-order valence-corrected chi connectivity index (χ2v) is 9.57. The summed E-state index contributed by atoms with van der Waals surface area (Å²) in [5.74, 6) is -0.252. The Morgan fingerprint density at radius 3 is 2.71 bits per heavy atom. The van der Waals surface area contributed by atoms with E-state index in [0.29, 0.717) is 25.2 Å². The molecule has 1 amide bonds. The summed E-state index contributed by atoms with van der Waals surface area (Å²) in [4.78, 5) is 30.6. The highest BCUT2D eigenvalue weighted by atomic mass is 16.2. The number of carbonyl (C=O) groups is 2. The van der Waals surface area contributed by atoms with Gasteiger partial charge in [-0.05, 0) is 43.2 Å². The third-order valence-corrected chi connectivity index (χ3v) is 7.16. The number of anilines is 1. The number of nitrogens with zero attached hydrogens (tertiary/aromatic N) is 5. The van der Waals surface area contributed by atoms with Crippen LogP contribution in [0.4, 0.5) is 5.69 Å². The molecule has 2 aliphatic rings. The monoisotopic (exact) mass is 468 g/mol. The molecule has 1 unspecified atom stereocenters. The molecule has 8 heteroatoms. The SMILES string of the molecule is C[C@@H]1CN(CC(=O)N2CC(C)(c3ccccc3)c3ccc(C#N)cc32)[C@@H](C(=O)n2cccn2)CN1. The normalized spacial score (nSPS) is 24.1. The summed E-state index contributed by atoms with van der Waals surface area (Å²) < 4.78 is 1.33. The summed E-state index contributed by atoms with van der Waals surface area (Å²) in [6.07, 6.45) is 3.20. The molecule has 1 N–H and O–H groups in total. The summed E-state index contributed by atoms with van der Waals surface area (Å²) in [5.41, 5.74) is 3.01. The van der Waals surface area contributed by atoms with E-state index in [0.717, 1.165) is 16.8 Å². The van der Waals surface area contributed by atoms with E-state index in [2.05, 4.69) is 35.5 Å². The molecule has 35 heavy (non-hydrogen) atoms.